The summed E-state index contributed by atoms with van der Waals surface area (Å²) in [4.78, 5) is 10.8. The van der Waals surface area contributed by atoms with E-state index in [-0.39, 0.29) is 11.9 Å². The van der Waals surface area contributed by atoms with E-state index in [4.69, 9.17) is 9.84 Å². The molecule has 1 fully saturated rings. The Labute approximate surface area is 119 Å². The van der Waals surface area contributed by atoms with Gasteiger partial charge in [0.2, 0.25) is 0 Å². The number of hydrogen-bond acceptors (Lipinski definition) is 3. The number of carbonyl (C=O) groups is 1. The van der Waals surface area contributed by atoms with Crippen LogP contribution in [0.2, 0.25) is 0 Å². The van der Waals surface area contributed by atoms with E-state index in [1.807, 2.05) is 6.92 Å². The highest BCUT2D eigenvalue weighted by Gasteiger charge is 2.30. The highest BCUT2D eigenvalue weighted by Crippen LogP contribution is 2.25. The van der Waals surface area contributed by atoms with Crippen LogP contribution in [-0.2, 0) is 9.53 Å². The van der Waals surface area contributed by atoms with Crippen LogP contribution in [0.4, 0.5) is 10.1 Å². The highest BCUT2D eigenvalue weighted by atomic mass is 79.9. The lowest BCUT2D eigenvalue weighted by atomic mass is 10.1. The summed E-state index contributed by atoms with van der Waals surface area (Å²) in [5.41, 5.74) is 1.61. The van der Waals surface area contributed by atoms with Crippen molar-refractivity contribution in [2.24, 2.45) is 0 Å². The van der Waals surface area contributed by atoms with Gasteiger partial charge in [0.1, 0.15) is 5.82 Å². The van der Waals surface area contributed by atoms with Crippen LogP contribution >= 0.6 is 15.9 Å². The standard InChI is InChI=1S/C13H15BrFNO3/c1-7-4-9(14)10(15)5-11(7)16-6-8-2-3-12(19-8)13(17)18/h4-5,8,12,16H,2-3,6H2,1H3,(H,17,18). The number of hydrogen-bond donors (Lipinski definition) is 2. The average Bonchev–Trinajstić information content (AvgIpc) is 2.81. The Hall–Kier alpha value is -1.14. The lowest BCUT2D eigenvalue weighted by Gasteiger charge is -2.15. The van der Waals surface area contributed by atoms with Gasteiger partial charge in [0.15, 0.2) is 6.10 Å². The maximum Gasteiger partial charge on any atom is 0.332 e. The average molecular weight is 332 g/mol. The molecule has 1 saturated heterocycles. The molecule has 0 amide bonds. The zero-order valence-electron chi connectivity index (χ0n) is 10.5. The molecule has 0 saturated carbocycles. The van der Waals surface area contributed by atoms with Gasteiger partial charge >= 0.3 is 5.97 Å². The normalized spacial score (nSPS) is 22.5. The van der Waals surface area contributed by atoms with E-state index >= 15 is 0 Å². The maximum absolute atomic E-state index is 13.4. The number of nitrogens with one attached hydrogen (secondary N) is 1. The molecular weight excluding hydrogens is 317 g/mol. The molecule has 1 aromatic rings. The van der Waals surface area contributed by atoms with Crippen LogP contribution < -0.4 is 5.32 Å². The summed E-state index contributed by atoms with van der Waals surface area (Å²) in [6.45, 7) is 2.35. The van der Waals surface area contributed by atoms with Crippen molar-refractivity contribution in [3.8, 4) is 0 Å². The van der Waals surface area contributed by atoms with Crippen molar-refractivity contribution in [3.63, 3.8) is 0 Å². The van der Waals surface area contributed by atoms with Crippen molar-refractivity contribution in [2.75, 3.05) is 11.9 Å². The van der Waals surface area contributed by atoms with Gasteiger partial charge < -0.3 is 15.2 Å². The fourth-order valence-electron chi connectivity index (χ4n) is 2.10. The Morgan fingerprint density at radius 3 is 2.95 bits per heavy atom. The molecule has 1 aliphatic heterocycles. The molecule has 0 radical (unpaired) electrons. The van der Waals surface area contributed by atoms with Crippen molar-refractivity contribution >= 4 is 27.6 Å². The summed E-state index contributed by atoms with van der Waals surface area (Å²) in [6.07, 6.45) is 0.360. The molecule has 6 heteroatoms. The smallest absolute Gasteiger partial charge is 0.332 e. The zero-order valence-corrected chi connectivity index (χ0v) is 12.0. The molecule has 104 valence electrons. The second-order valence-electron chi connectivity index (χ2n) is 4.62. The molecule has 2 atom stereocenters. The number of ether oxygens (including phenoxy) is 1. The topological polar surface area (TPSA) is 58.6 Å². The minimum absolute atomic E-state index is 0.146. The molecule has 1 heterocycles. The van der Waals surface area contributed by atoms with Gasteiger partial charge in [-0.15, -0.1) is 0 Å². The zero-order chi connectivity index (χ0) is 14.0. The summed E-state index contributed by atoms with van der Waals surface area (Å²) < 4.78 is 19.2. The van der Waals surface area contributed by atoms with Gasteiger partial charge in [0.25, 0.3) is 0 Å². The number of carboxylic acids is 1. The maximum atomic E-state index is 13.4. The van der Waals surface area contributed by atoms with E-state index in [0.717, 1.165) is 5.56 Å². The van der Waals surface area contributed by atoms with Gasteiger partial charge in [-0.3, -0.25) is 0 Å². The van der Waals surface area contributed by atoms with E-state index in [9.17, 15) is 9.18 Å². The van der Waals surface area contributed by atoms with E-state index in [0.29, 0.717) is 29.5 Å². The monoisotopic (exact) mass is 331 g/mol. The predicted molar refractivity (Wildman–Crippen MR) is 72.9 cm³/mol. The molecule has 0 aliphatic carbocycles. The van der Waals surface area contributed by atoms with Gasteiger partial charge in [-0.2, -0.15) is 0 Å². The Morgan fingerprint density at radius 1 is 1.58 bits per heavy atom. The molecule has 2 N–H and O–H groups in total. The minimum Gasteiger partial charge on any atom is -0.479 e. The lowest BCUT2D eigenvalue weighted by Crippen LogP contribution is -2.24. The van der Waals surface area contributed by atoms with Crippen molar-refractivity contribution in [3.05, 3.63) is 28.0 Å². The summed E-state index contributed by atoms with van der Waals surface area (Å²) in [6, 6.07) is 3.12. The molecule has 0 bridgehead atoms. The van der Waals surface area contributed by atoms with E-state index in [1.165, 1.54) is 6.07 Å². The Morgan fingerprint density at radius 2 is 2.32 bits per heavy atom. The molecule has 2 unspecified atom stereocenters. The van der Waals surface area contributed by atoms with Crippen LogP contribution in [0.25, 0.3) is 0 Å². The molecule has 19 heavy (non-hydrogen) atoms. The first kappa shape index (κ1) is 14.3. The Kier molecular flexibility index (Phi) is 4.42. The molecular formula is C13H15BrFNO3. The number of halogens is 2. The van der Waals surface area contributed by atoms with Crippen molar-refractivity contribution in [1.82, 2.24) is 0 Å². The van der Waals surface area contributed by atoms with Crippen LogP contribution in [0.3, 0.4) is 0 Å². The molecule has 1 aromatic carbocycles. The van der Waals surface area contributed by atoms with Gasteiger partial charge in [-0.25, -0.2) is 9.18 Å². The highest BCUT2D eigenvalue weighted by molar-refractivity contribution is 9.10. The van der Waals surface area contributed by atoms with Crippen molar-refractivity contribution < 1.29 is 19.0 Å². The number of aryl methyl sites for hydroxylation is 1. The van der Waals surface area contributed by atoms with E-state index < -0.39 is 12.1 Å². The van der Waals surface area contributed by atoms with Gasteiger partial charge in [0, 0.05) is 12.2 Å². The molecule has 0 aromatic heterocycles. The first-order valence-electron chi connectivity index (χ1n) is 6.05. The number of anilines is 1. The Balaban J connectivity index is 1.93. The molecule has 4 nitrogen and oxygen atoms in total. The quantitative estimate of drug-likeness (QED) is 0.890. The number of rotatable bonds is 4. The summed E-state index contributed by atoms with van der Waals surface area (Å²) >= 11 is 3.13. The predicted octanol–water partition coefficient (Wildman–Crippen LogP) is 2.94. The van der Waals surface area contributed by atoms with Crippen LogP contribution in [0.15, 0.2) is 16.6 Å². The number of benzene rings is 1. The second-order valence-corrected chi connectivity index (χ2v) is 5.48. The first-order chi connectivity index (χ1) is 8.97. The van der Waals surface area contributed by atoms with Crippen LogP contribution in [-0.4, -0.2) is 29.8 Å². The Bertz CT molecular complexity index is 495. The SMILES string of the molecule is Cc1cc(Br)c(F)cc1NCC1CCC(C(=O)O)O1. The summed E-state index contributed by atoms with van der Waals surface area (Å²) in [5.74, 6) is -1.25. The second kappa shape index (κ2) is 5.88. The van der Waals surface area contributed by atoms with Crippen LogP contribution in [0.1, 0.15) is 18.4 Å². The van der Waals surface area contributed by atoms with Gasteiger partial charge in [-0.1, -0.05) is 0 Å². The largest absolute Gasteiger partial charge is 0.479 e. The number of aliphatic carboxylic acids is 1. The van der Waals surface area contributed by atoms with Gasteiger partial charge in [0.05, 0.1) is 10.6 Å². The fraction of sp³-hybridized carbons (Fsp3) is 0.462. The van der Waals surface area contributed by atoms with Crippen molar-refractivity contribution in [2.45, 2.75) is 32.0 Å². The summed E-state index contributed by atoms with van der Waals surface area (Å²) in [7, 11) is 0. The summed E-state index contributed by atoms with van der Waals surface area (Å²) in [5, 5.41) is 11.9. The van der Waals surface area contributed by atoms with Crippen molar-refractivity contribution in [1.29, 1.82) is 0 Å². The van der Waals surface area contributed by atoms with E-state index in [1.54, 1.807) is 6.07 Å². The third kappa shape index (κ3) is 3.45. The minimum atomic E-state index is -0.923. The molecule has 2 rings (SSSR count). The molecule has 0 spiro atoms. The number of carboxylic acid groups (broad SMARTS) is 1. The lowest BCUT2D eigenvalue weighted by molar-refractivity contribution is -0.149. The van der Waals surface area contributed by atoms with E-state index in [2.05, 4.69) is 21.2 Å². The molecule has 1 aliphatic rings. The fourth-order valence-corrected chi connectivity index (χ4v) is 2.56. The van der Waals surface area contributed by atoms with Crippen LogP contribution in [0.5, 0.6) is 0 Å². The van der Waals surface area contributed by atoms with Crippen LogP contribution in [0, 0.1) is 12.7 Å². The first-order valence-corrected chi connectivity index (χ1v) is 6.84. The third-order valence-corrected chi connectivity index (χ3v) is 3.78. The third-order valence-electron chi connectivity index (χ3n) is 3.17. The van der Waals surface area contributed by atoms with Gasteiger partial charge in [-0.05, 0) is 53.4 Å².